The summed E-state index contributed by atoms with van der Waals surface area (Å²) in [6, 6.07) is 7.30. The van der Waals surface area contributed by atoms with Gasteiger partial charge in [-0.3, -0.25) is 0 Å². The summed E-state index contributed by atoms with van der Waals surface area (Å²) in [5, 5.41) is 0. The number of para-hydroxylation sites is 1. The van der Waals surface area contributed by atoms with Crippen LogP contribution in [0.15, 0.2) is 35.5 Å². The quantitative estimate of drug-likeness (QED) is 0.748. The first-order valence-corrected chi connectivity index (χ1v) is 7.74. The summed E-state index contributed by atoms with van der Waals surface area (Å²) in [6.45, 7) is 1.02. The van der Waals surface area contributed by atoms with Crippen LogP contribution in [-0.2, 0) is 33.3 Å². The van der Waals surface area contributed by atoms with Crippen molar-refractivity contribution in [2.75, 3.05) is 45.7 Å². The van der Waals surface area contributed by atoms with Crippen LogP contribution in [0, 0.1) is 0 Å². The fourth-order valence-corrected chi connectivity index (χ4v) is 2.80. The van der Waals surface area contributed by atoms with Crippen molar-refractivity contribution in [3.05, 3.63) is 41.1 Å². The van der Waals surface area contributed by atoms with Crippen molar-refractivity contribution in [3.8, 4) is 0 Å². The van der Waals surface area contributed by atoms with Gasteiger partial charge in [-0.15, -0.1) is 0 Å². The monoisotopic (exact) mass is 349 g/mol. The largest absolute Gasteiger partial charge is 0.466 e. The van der Waals surface area contributed by atoms with Gasteiger partial charge in [0.1, 0.15) is 12.4 Å². The first-order valence-electron chi connectivity index (χ1n) is 7.74. The highest BCUT2D eigenvalue weighted by atomic mass is 16.7. The molecule has 0 radical (unpaired) electrons. The van der Waals surface area contributed by atoms with Gasteiger partial charge < -0.3 is 28.6 Å². The van der Waals surface area contributed by atoms with Gasteiger partial charge in [-0.2, -0.15) is 0 Å². The fraction of sp³-hybridized carbons (Fsp3) is 0.412. The molecule has 1 aromatic carbocycles. The standard InChI is InChI=1S/C17H19NO7/c1-21-15(19)12-9-23-10-18(14(12)16(20)22-2)13-6-4-3-5-11(13)17-24-7-8-25-17/h3-6,17H,7-10H2,1-2H3. The number of methoxy groups -OCH3 is 2. The van der Waals surface area contributed by atoms with Crippen LogP contribution in [0.3, 0.4) is 0 Å². The van der Waals surface area contributed by atoms with E-state index in [1.807, 2.05) is 18.2 Å². The van der Waals surface area contributed by atoms with Crippen LogP contribution in [0.4, 0.5) is 5.69 Å². The molecule has 2 heterocycles. The van der Waals surface area contributed by atoms with E-state index in [0.29, 0.717) is 18.9 Å². The van der Waals surface area contributed by atoms with E-state index >= 15 is 0 Å². The number of anilines is 1. The van der Waals surface area contributed by atoms with Crippen molar-refractivity contribution in [1.29, 1.82) is 0 Å². The highest BCUT2D eigenvalue weighted by Gasteiger charge is 2.34. The Kier molecular flexibility index (Phi) is 5.32. The van der Waals surface area contributed by atoms with E-state index < -0.39 is 18.2 Å². The molecule has 25 heavy (non-hydrogen) atoms. The molecule has 0 bridgehead atoms. The SMILES string of the molecule is COC(=O)C1=C(C(=O)OC)N(c2ccccc2C2OCCO2)COC1. The molecule has 1 aromatic rings. The summed E-state index contributed by atoms with van der Waals surface area (Å²) >= 11 is 0. The molecule has 8 nitrogen and oxygen atoms in total. The van der Waals surface area contributed by atoms with E-state index in [-0.39, 0.29) is 24.6 Å². The minimum absolute atomic E-state index is 0.0355. The van der Waals surface area contributed by atoms with Gasteiger partial charge in [0, 0.05) is 5.56 Å². The summed E-state index contributed by atoms with van der Waals surface area (Å²) in [6.07, 6.45) is -0.543. The molecule has 0 amide bonds. The Hall–Kier alpha value is -2.42. The lowest BCUT2D eigenvalue weighted by Gasteiger charge is -2.33. The molecular formula is C17H19NO7. The minimum Gasteiger partial charge on any atom is -0.466 e. The highest BCUT2D eigenvalue weighted by Crippen LogP contribution is 2.35. The van der Waals surface area contributed by atoms with E-state index in [4.69, 9.17) is 23.7 Å². The molecule has 0 aliphatic carbocycles. The molecule has 2 aliphatic heterocycles. The van der Waals surface area contributed by atoms with Crippen LogP contribution in [0.2, 0.25) is 0 Å². The molecule has 0 saturated carbocycles. The van der Waals surface area contributed by atoms with Gasteiger partial charge in [0.05, 0.1) is 45.3 Å². The summed E-state index contributed by atoms with van der Waals surface area (Å²) < 4.78 is 26.3. The van der Waals surface area contributed by atoms with Gasteiger partial charge >= 0.3 is 11.9 Å². The van der Waals surface area contributed by atoms with Crippen LogP contribution < -0.4 is 4.90 Å². The number of ether oxygens (including phenoxy) is 5. The third kappa shape index (κ3) is 3.37. The van der Waals surface area contributed by atoms with E-state index in [9.17, 15) is 9.59 Å². The molecule has 3 rings (SSSR count). The third-order valence-electron chi connectivity index (χ3n) is 3.94. The lowest BCUT2D eigenvalue weighted by Crippen LogP contribution is -2.39. The lowest BCUT2D eigenvalue weighted by molar-refractivity contribution is -0.140. The van der Waals surface area contributed by atoms with Crippen LogP contribution >= 0.6 is 0 Å². The van der Waals surface area contributed by atoms with E-state index in [1.165, 1.54) is 14.2 Å². The van der Waals surface area contributed by atoms with Crippen LogP contribution in [0.1, 0.15) is 11.9 Å². The zero-order chi connectivity index (χ0) is 17.8. The Morgan fingerprint density at radius 1 is 1.08 bits per heavy atom. The second-order valence-corrected chi connectivity index (χ2v) is 5.35. The number of benzene rings is 1. The first kappa shape index (κ1) is 17.4. The fourth-order valence-electron chi connectivity index (χ4n) is 2.80. The average Bonchev–Trinajstić information content (AvgIpc) is 3.20. The minimum atomic E-state index is -0.647. The molecule has 1 saturated heterocycles. The Balaban J connectivity index is 2.08. The first-order chi connectivity index (χ1) is 12.2. The van der Waals surface area contributed by atoms with Crippen molar-refractivity contribution in [1.82, 2.24) is 0 Å². The second kappa shape index (κ2) is 7.64. The maximum Gasteiger partial charge on any atom is 0.355 e. The zero-order valence-corrected chi connectivity index (χ0v) is 14.0. The maximum atomic E-state index is 12.4. The number of carbonyl (C=O) groups excluding carboxylic acids is 2. The summed E-state index contributed by atoms with van der Waals surface area (Å²) in [5.74, 6) is -1.29. The second-order valence-electron chi connectivity index (χ2n) is 5.35. The molecule has 0 aromatic heterocycles. The third-order valence-corrected chi connectivity index (χ3v) is 3.94. The smallest absolute Gasteiger partial charge is 0.355 e. The van der Waals surface area contributed by atoms with Crippen molar-refractivity contribution in [3.63, 3.8) is 0 Å². The van der Waals surface area contributed by atoms with Crippen LogP contribution in [-0.4, -0.2) is 52.7 Å². The van der Waals surface area contributed by atoms with Crippen molar-refractivity contribution in [2.45, 2.75) is 6.29 Å². The molecular weight excluding hydrogens is 330 g/mol. The van der Waals surface area contributed by atoms with Crippen molar-refractivity contribution >= 4 is 17.6 Å². The lowest BCUT2D eigenvalue weighted by atomic mass is 10.1. The van der Waals surface area contributed by atoms with E-state index in [0.717, 1.165) is 5.56 Å². The van der Waals surface area contributed by atoms with E-state index in [2.05, 4.69) is 0 Å². The molecule has 0 N–H and O–H groups in total. The van der Waals surface area contributed by atoms with Gasteiger partial charge in [0.25, 0.3) is 0 Å². The molecule has 0 unspecified atom stereocenters. The normalized spacial score (nSPS) is 18.4. The number of esters is 2. The number of rotatable bonds is 4. The van der Waals surface area contributed by atoms with Gasteiger partial charge in [-0.1, -0.05) is 18.2 Å². The molecule has 0 spiro atoms. The average molecular weight is 349 g/mol. The Labute approximate surface area is 144 Å². The molecule has 1 fully saturated rings. The topological polar surface area (TPSA) is 83.5 Å². The highest BCUT2D eigenvalue weighted by molar-refractivity contribution is 6.03. The number of hydrogen-bond donors (Lipinski definition) is 0. The van der Waals surface area contributed by atoms with Gasteiger partial charge in [0.15, 0.2) is 6.29 Å². The number of hydrogen-bond acceptors (Lipinski definition) is 8. The van der Waals surface area contributed by atoms with Crippen molar-refractivity contribution < 1.29 is 33.3 Å². The Bertz CT molecular complexity index is 694. The Morgan fingerprint density at radius 3 is 2.44 bits per heavy atom. The molecule has 134 valence electrons. The summed E-state index contributed by atoms with van der Waals surface area (Å²) in [5.41, 5.74) is 1.56. The van der Waals surface area contributed by atoms with E-state index in [1.54, 1.807) is 11.0 Å². The zero-order valence-electron chi connectivity index (χ0n) is 14.0. The van der Waals surface area contributed by atoms with Gasteiger partial charge in [-0.25, -0.2) is 9.59 Å². The van der Waals surface area contributed by atoms with Crippen molar-refractivity contribution in [2.24, 2.45) is 0 Å². The Morgan fingerprint density at radius 2 is 1.76 bits per heavy atom. The maximum absolute atomic E-state index is 12.4. The number of nitrogens with zero attached hydrogens (tertiary/aromatic N) is 1. The predicted molar refractivity (Wildman–Crippen MR) is 85.4 cm³/mol. The van der Waals surface area contributed by atoms with Gasteiger partial charge in [-0.05, 0) is 6.07 Å². The predicted octanol–water partition coefficient (Wildman–Crippen LogP) is 1.13. The molecule has 0 atom stereocenters. The van der Waals surface area contributed by atoms with Crippen LogP contribution in [0.5, 0.6) is 0 Å². The van der Waals surface area contributed by atoms with Gasteiger partial charge in [0.2, 0.25) is 0 Å². The summed E-state index contributed by atoms with van der Waals surface area (Å²) in [4.78, 5) is 26.0. The molecule has 8 heteroatoms. The summed E-state index contributed by atoms with van der Waals surface area (Å²) in [7, 11) is 2.50. The molecule has 2 aliphatic rings. The number of carbonyl (C=O) groups is 2. The van der Waals surface area contributed by atoms with Crippen LogP contribution in [0.25, 0.3) is 0 Å².